The Morgan fingerprint density at radius 1 is 1.20 bits per heavy atom. The summed E-state index contributed by atoms with van der Waals surface area (Å²) in [6, 6.07) is 11.6. The van der Waals surface area contributed by atoms with Crippen molar-refractivity contribution in [2.75, 3.05) is 24.3 Å². The van der Waals surface area contributed by atoms with Gasteiger partial charge in [-0.15, -0.1) is 0 Å². The van der Waals surface area contributed by atoms with Crippen molar-refractivity contribution in [2.24, 2.45) is 0 Å². The molecular weight excluding hydrogens is 250 g/mol. The fraction of sp³-hybridized carbons (Fsp3) is 0.267. The van der Waals surface area contributed by atoms with E-state index in [0.717, 1.165) is 11.4 Å². The number of benzene rings is 1. The van der Waals surface area contributed by atoms with E-state index in [1.54, 1.807) is 6.20 Å². The summed E-state index contributed by atoms with van der Waals surface area (Å²) in [5.41, 5.74) is 1.77. The Labute approximate surface area is 118 Å². The van der Waals surface area contributed by atoms with Crippen LogP contribution in [-0.2, 0) is 0 Å². The van der Waals surface area contributed by atoms with Gasteiger partial charge in [-0.2, -0.15) is 10.2 Å². The smallest absolute Gasteiger partial charge is 0.226 e. The van der Waals surface area contributed by atoms with Crippen molar-refractivity contribution in [1.29, 1.82) is 5.26 Å². The highest BCUT2D eigenvalue weighted by Gasteiger charge is 2.07. The van der Waals surface area contributed by atoms with Crippen molar-refractivity contribution in [2.45, 2.75) is 13.0 Å². The highest BCUT2D eigenvalue weighted by molar-refractivity contribution is 5.43. The maximum atomic E-state index is 8.80. The van der Waals surface area contributed by atoms with Gasteiger partial charge < -0.3 is 10.2 Å². The molecule has 0 radical (unpaired) electrons. The van der Waals surface area contributed by atoms with Crippen molar-refractivity contribution < 1.29 is 0 Å². The molecule has 0 bridgehead atoms. The van der Waals surface area contributed by atoms with Crippen LogP contribution in [0.5, 0.6) is 0 Å². The van der Waals surface area contributed by atoms with Crippen molar-refractivity contribution in [3.63, 3.8) is 0 Å². The third-order valence-corrected chi connectivity index (χ3v) is 2.95. The molecule has 0 aliphatic carbocycles. The minimum absolute atomic E-state index is 0.104. The molecule has 1 unspecified atom stereocenters. The summed E-state index contributed by atoms with van der Waals surface area (Å²) in [5.74, 6) is 1.45. The first kappa shape index (κ1) is 13.8. The second-order valence-electron chi connectivity index (χ2n) is 4.74. The van der Waals surface area contributed by atoms with Crippen molar-refractivity contribution in [1.82, 2.24) is 9.97 Å². The maximum Gasteiger partial charge on any atom is 0.226 e. The summed E-state index contributed by atoms with van der Waals surface area (Å²) in [6.07, 6.45) is 1.73. The van der Waals surface area contributed by atoms with Gasteiger partial charge >= 0.3 is 0 Å². The minimum Gasteiger partial charge on any atom is -0.363 e. The van der Waals surface area contributed by atoms with Gasteiger partial charge in [-0.25, -0.2) is 4.98 Å². The zero-order valence-corrected chi connectivity index (χ0v) is 11.8. The number of hydrogen-bond donors (Lipinski definition) is 1. The van der Waals surface area contributed by atoms with Gasteiger partial charge in [-0.1, -0.05) is 12.1 Å². The van der Waals surface area contributed by atoms with Gasteiger partial charge in [0.15, 0.2) is 0 Å². The van der Waals surface area contributed by atoms with E-state index in [9.17, 15) is 0 Å². The van der Waals surface area contributed by atoms with Gasteiger partial charge in [0.1, 0.15) is 5.82 Å². The van der Waals surface area contributed by atoms with Gasteiger partial charge in [0, 0.05) is 26.3 Å². The van der Waals surface area contributed by atoms with Crippen LogP contribution in [-0.4, -0.2) is 24.1 Å². The molecule has 0 aliphatic rings. The maximum absolute atomic E-state index is 8.80. The van der Waals surface area contributed by atoms with E-state index < -0.39 is 0 Å². The molecule has 1 aromatic heterocycles. The summed E-state index contributed by atoms with van der Waals surface area (Å²) >= 11 is 0. The number of nitrogens with zero attached hydrogens (tertiary/aromatic N) is 4. The Kier molecular flexibility index (Phi) is 4.16. The van der Waals surface area contributed by atoms with Crippen LogP contribution in [0.1, 0.15) is 24.1 Å². The summed E-state index contributed by atoms with van der Waals surface area (Å²) in [5, 5.41) is 12.1. The Morgan fingerprint density at radius 3 is 2.50 bits per heavy atom. The molecule has 20 heavy (non-hydrogen) atoms. The number of anilines is 2. The highest BCUT2D eigenvalue weighted by atomic mass is 15.2. The summed E-state index contributed by atoms with van der Waals surface area (Å²) in [4.78, 5) is 10.5. The molecule has 0 spiro atoms. The molecule has 0 aliphatic heterocycles. The van der Waals surface area contributed by atoms with E-state index in [-0.39, 0.29) is 6.04 Å². The van der Waals surface area contributed by atoms with E-state index >= 15 is 0 Å². The predicted molar refractivity (Wildman–Crippen MR) is 79.6 cm³/mol. The molecular formula is C15H17N5. The summed E-state index contributed by atoms with van der Waals surface area (Å²) in [7, 11) is 3.81. The van der Waals surface area contributed by atoms with E-state index in [1.807, 2.05) is 49.3 Å². The molecule has 5 nitrogen and oxygen atoms in total. The van der Waals surface area contributed by atoms with Crippen molar-refractivity contribution >= 4 is 11.8 Å². The lowest BCUT2D eigenvalue weighted by molar-refractivity contribution is 0.867. The van der Waals surface area contributed by atoms with Crippen LogP contribution in [0.15, 0.2) is 36.5 Å². The number of aromatic nitrogens is 2. The SMILES string of the molecule is CC(Nc1ccnc(N(C)C)n1)c1ccc(C#N)cc1. The second-order valence-corrected chi connectivity index (χ2v) is 4.74. The Hall–Kier alpha value is -2.61. The molecule has 2 aromatic rings. The van der Waals surface area contributed by atoms with Crippen LogP contribution in [0.4, 0.5) is 11.8 Å². The Balaban J connectivity index is 2.12. The van der Waals surface area contributed by atoms with Crippen LogP contribution in [0.3, 0.4) is 0 Å². The van der Waals surface area contributed by atoms with E-state index in [4.69, 9.17) is 5.26 Å². The van der Waals surface area contributed by atoms with E-state index in [1.165, 1.54) is 0 Å². The number of nitriles is 1. The normalized spacial score (nSPS) is 11.5. The van der Waals surface area contributed by atoms with Gasteiger partial charge in [-0.3, -0.25) is 0 Å². The lowest BCUT2D eigenvalue weighted by atomic mass is 10.1. The monoisotopic (exact) mass is 267 g/mol. The van der Waals surface area contributed by atoms with Gasteiger partial charge in [-0.05, 0) is 30.7 Å². The molecule has 1 aromatic carbocycles. The van der Waals surface area contributed by atoms with Crippen LogP contribution in [0, 0.1) is 11.3 Å². The molecule has 1 N–H and O–H groups in total. The molecule has 0 saturated carbocycles. The quantitative estimate of drug-likeness (QED) is 0.922. The topological polar surface area (TPSA) is 64.8 Å². The lowest BCUT2D eigenvalue weighted by Gasteiger charge is -2.16. The third kappa shape index (κ3) is 3.23. The molecule has 0 saturated heterocycles. The third-order valence-electron chi connectivity index (χ3n) is 2.95. The molecule has 0 fully saturated rings. The van der Waals surface area contributed by atoms with Crippen molar-refractivity contribution in [3.8, 4) is 6.07 Å². The largest absolute Gasteiger partial charge is 0.363 e. The number of hydrogen-bond acceptors (Lipinski definition) is 5. The Morgan fingerprint density at radius 2 is 1.90 bits per heavy atom. The lowest BCUT2D eigenvalue weighted by Crippen LogP contribution is -2.14. The second kappa shape index (κ2) is 6.02. The summed E-state index contributed by atoms with van der Waals surface area (Å²) in [6.45, 7) is 2.05. The molecule has 0 amide bonds. The van der Waals surface area contributed by atoms with Crippen molar-refractivity contribution in [3.05, 3.63) is 47.7 Å². The summed E-state index contributed by atoms with van der Waals surface area (Å²) < 4.78 is 0. The molecule has 1 atom stereocenters. The number of rotatable bonds is 4. The molecule has 102 valence electrons. The standard InChI is InChI=1S/C15H17N5/c1-11(13-6-4-12(10-16)5-7-13)18-14-8-9-17-15(19-14)20(2)3/h4-9,11H,1-3H3,(H,17,18,19). The van der Waals surface area contributed by atoms with Crippen LogP contribution in [0.2, 0.25) is 0 Å². The highest BCUT2D eigenvalue weighted by Crippen LogP contribution is 2.19. The first-order valence-corrected chi connectivity index (χ1v) is 6.37. The van der Waals surface area contributed by atoms with Gasteiger partial charge in [0.05, 0.1) is 11.6 Å². The van der Waals surface area contributed by atoms with Crippen LogP contribution >= 0.6 is 0 Å². The first-order chi connectivity index (χ1) is 9.60. The van der Waals surface area contributed by atoms with E-state index in [2.05, 4.69) is 28.3 Å². The number of nitrogens with one attached hydrogen (secondary N) is 1. The average molecular weight is 267 g/mol. The Bertz CT molecular complexity index is 613. The van der Waals surface area contributed by atoms with E-state index in [0.29, 0.717) is 11.5 Å². The zero-order chi connectivity index (χ0) is 14.5. The molecule has 5 heteroatoms. The van der Waals surface area contributed by atoms with Crippen LogP contribution in [0.25, 0.3) is 0 Å². The van der Waals surface area contributed by atoms with Gasteiger partial charge in [0.25, 0.3) is 0 Å². The predicted octanol–water partition coefficient (Wildman–Crippen LogP) is 2.59. The van der Waals surface area contributed by atoms with Gasteiger partial charge in [0.2, 0.25) is 5.95 Å². The fourth-order valence-corrected chi connectivity index (χ4v) is 1.80. The van der Waals surface area contributed by atoms with Crippen LogP contribution < -0.4 is 10.2 Å². The first-order valence-electron chi connectivity index (χ1n) is 6.37. The fourth-order valence-electron chi connectivity index (χ4n) is 1.80. The molecule has 1 heterocycles. The average Bonchev–Trinajstić information content (AvgIpc) is 2.47. The minimum atomic E-state index is 0.104. The molecule has 2 rings (SSSR count). The zero-order valence-electron chi connectivity index (χ0n) is 11.8.